The minimum atomic E-state index is 0.523. The maximum Gasteiger partial charge on any atom is 0.228 e. The molecule has 2 aromatic heterocycles. The second kappa shape index (κ2) is 12.9. The van der Waals surface area contributed by atoms with Gasteiger partial charge < -0.3 is 25.8 Å². The Morgan fingerprint density at radius 1 is 0.800 bits per heavy atom. The number of ether oxygens (including phenoxy) is 2. The molecule has 2 heterocycles. The van der Waals surface area contributed by atoms with E-state index in [9.17, 15) is 0 Å². The maximum absolute atomic E-state index is 5.54. The van der Waals surface area contributed by atoms with Gasteiger partial charge in [-0.2, -0.15) is 15.0 Å². The highest BCUT2D eigenvalue weighted by molar-refractivity contribution is 7.13. The average Bonchev–Trinajstić information content (AvgIpc) is 3.31. The van der Waals surface area contributed by atoms with Crippen LogP contribution >= 0.6 is 11.3 Å². The molecule has 9 heteroatoms. The average molecular weight is 429 g/mol. The topological polar surface area (TPSA) is 107 Å². The lowest BCUT2D eigenvalue weighted by atomic mass is 10.1. The third kappa shape index (κ3) is 7.68. The van der Waals surface area contributed by atoms with Gasteiger partial charge in [-0.15, -0.1) is 11.3 Å². The number of rotatable bonds is 14. The van der Waals surface area contributed by atoms with Crippen LogP contribution in [-0.4, -0.2) is 61.0 Å². The molecule has 160 valence electrons. The van der Waals surface area contributed by atoms with Gasteiger partial charge in [0.1, 0.15) is 0 Å². The Balaban J connectivity index is 1.53. The lowest BCUT2D eigenvalue weighted by Gasteiger charge is -2.10. The number of hydrogen-bond donors (Lipinski definition) is 3. The van der Waals surface area contributed by atoms with Crippen LogP contribution in [-0.2, 0) is 15.9 Å². The van der Waals surface area contributed by atoms with E-state index in [-0.39, 0.29) is 0 Å². The minimum absolute atomic E-state index is 0.523. The summed E-state index contributed by atoms with van der Waals surface area (Å²) in [5.41, 5.74) is 6.64. The number of benzene rings is 1. The highest BCUT2D eigenvalue weighted by Crippen LogP contribution is 2.22. The van der Waals surface area contributed by atoms with Gasteiger partial charge in [-0.3, -0.25) is 0 Å². The second-order valence-corrected chi connectivity index (χ2v) is 7.33. The van der Waals surface area contributed by atoms with Gasteiger partial charge in [0.05, 0.1) is 31.3 Å². The third-order valence-electron chi connectivity index (χ3n) is 4.08. The lowest BCUT2D eigenvalue weighted by Crippen LogP contribution is -2.17. The van der Waals surface area contributed by atoms with Crippen molar-refractivity contribution in [1.82, 2.24) is 15.0 Å². The van der Waals surface area contributed by atoms with Crippen LogP contribution in [0, 0.1) is 0 Å². The molecule has 4 N–H and O–H groups in total. The highest BCUT2D eigenvalue weighted by atomic mass is 32.1. The summed E-state index contributed by atoms with van der Waals surface area (Å²) in [7, 11) is 0. The molecule has 0 radical (unpaired) electrons. The molecule has 30 heavy (non-hydrogen) atoms. The molecular weight excluding hydrogens is 400 g/mol. The Morgan fingerprint density at radius 3 is 2.23 bits per heavy atom. The van der Waals surface area contributed by atoms with Gasteiger partial charge >= 0.3 is 0 Å². The SMILES string of the molecule is NCCOCCOCCNc1nc(NCCc2ccccc2)nc(-c2cccs2)n1. The zero-order chi connectivity index (χ0) is 20.9. The predicted octanol–water partition coefficient (Wildman–Crippen LogP) is 2.66. The van der Waals surface area contributed by atoms with Crippen molar-refractivity contribution in [2.24, 2.45) is 5.73 Å². The van der Waals surface area contributed by atoms with Crippen molar-refractivity contribution >= 4 is 23.2 Å². The number of nitrogens with two attached hydrogens (primary N) is 1. The molecule has 0 amide bonds. The van der Waals surface area contributed by atoms with Crippen LogP contribution < -0.4 is 16.4 Å². The third-order valence-corrected chi connectivity index (χ3v) is 4.95. The zero-order valence-electron chi connectivity index (χ0n) is 16.9. The van der Waals surface area contributed by atoms with Gasteiger partial charge in [0.2, 0.25) is 11.9 Å². The van der Waals surface area contributed by atoms with E-state index in [4.69, 9.17) is 15.2 Å². The van der Waals surface area contributed by atoms with Crippen molar-refractivity contribution in [3.05, 3.63) is 53.4 Å². The molecule has 1 aromatic carbocycles. The van der Waals surface area contributed by atoms with Crippen LogP contribution in [0.15, 0.2) is 47.8 Å². The molecule has 0 bridgehead atoms. The normalized spacial score (nSPS) is 10.8. The summed E-state index contributed by atoms with van der Waals surface area (Å²) in [6, 6.07) is 14.3. The number of hydrogen-bond acceptors (Lipinski definition) is 9. The second-order valence-electron chi connectivity index (χ2n) is 6.39. The van der Waals surface area contributed by atoms with E-state index in [1.807, 2.05) is 35.7 Å². The number of nitrogens with zero attached hydrogens (tertiary/aromatic N) is 3. The van der Waals surface area contributed by atoms with E-state index in [0.717, 1.165) is 17.8 Å². The van der Waals surface area contributed by atoms with E-state index in [1.54, 1.807) is 11.3 Å². The smallest absolute Gasteiger partial charge is 0.228 e. The molecule has 0 aliphatic rings. The summed E-state index contributed by atoms with van der Waals surface area (Å²) in [6.07, 6.45) is 0.893. The number of aromatic nitrogens is 3. The van der Waals surface area contributed by atoms with Crippen LogP contribution in [0.4, 0.5) is 11.9 Å². The van der Waals surface area contributed by atoms with Crippen LogP contribution in [0.2, 0.25) is 0 Å². The van der Waals surface area contributed by atoms with E-state index in [1.165, 1.54) is 5.56 Å². The fraction of sp³-hybridized carbons (Fsp3) is 0.381. The van der Waals surface area contributed by atoms with E-state index in [2.05, 4.69) is 37.7 Å². The summed E-state index contributed by atoms with van der Waals surface area (Å²) in [5.74, 6) is 1.74. The summed E-state index contributed by atoms with van der Waals surface area (Å²) in [4.78, 5) is 14.6. The first kappa shape index (κ1) is 22.1. The van der Waals surface area contributed by atoms with Crippen molar-refractivity contribution < 1.29 is 9.47 Å². The van der Waals surface area contributed by atoms with E-state index >= 15 is 0 Å². The van der Waals surface area contributed by atoms with Gasteiger partial charge in [0, 0.05) is 19.6 Å². The van der Waals surface area contributed by atoms with Crippen molar-refractivity contribution in [3.63, 3.8) is 0 Å². The van der Waals surface area contributed by atoms with Crippen molar-refractivity contribution in [2.45, 2.75) is 6.42 Å². The molecule has 3 aromatic rings. The Morgan fingerprint density at radius 2 is 1.53 bits per heavy atom. The summed E-state index contributed by atoms with van der Waals surface area (Å²) < 4.78 is 10.8. The quantitative estimate of drug-likeness (QED) is 0.337. The first-order valence-corrected chi connectivity index (χ1v) is 10.9. The molecule has 0 atom stereocenters. The van der Waals surface area contributed by atoms with Crippen LogP contribution in [0.25, 0.3) is 10.7 Å². The first-order valence-electron chi connectivity index (χ1n) is 10.0. The van der Waals surface area contributed by atoms with Gasteiger partial charge in [-0.05, 0) is 23.4 Å². The Kier molecular flexibility index (Phi) is 9.48. The molecule has 0 fully saturated rings. The summed E-state index contributed by atoms with van der Waals surface area (Å²) >= 11 is 1.60. The fourth-order valence-electron chi connectivity index (χ4n) is 2.65. The molecular formula is C21H28N6O2S. The minimum Gasteiger partial charge on any atom is -0.378 e. The molecule has 0 aliphatic carbocycles. The zero-order valence-corrected chi connectivity index (χ0v) is 17.7. The van der Waals surface area contributed by atoms with E-state index in [0.29, 0.717) is 57.2 Å². The Bertz CT molecular complexity index is 848. The summed E-state index contributed by atoms with van der Waals surface area (Å²) in [6.45, 7) is 4.01. The number of nitrogens with one attached hydrogen (secondary N) is 2. The van der Waals surface area contributed by atoms with Gasteiger partial charge in [0.15, 0.2) is 5.82 Å². The molecule has 8 nitrogen and oxygen atoms in total. The van der Waals surface area contributed by atoms with E-state index < -0.39 is 0 Å². The number of anilines is 2. The van der Waals surface area contributed by atoms with Crippen LogP contribution in [0.1, 0.15) is 5.56 Å². The Hall–Kier alpha value is -2.59. The standard InChI is InChI=1S/C21H28N6O2S/c22-9-12-28-14-15-29-13-11-24-21-26-19(18-7-4-16-30-18)25-20(27-21)23-10-8-17-5-2-1-3-6-17/h1-7,16H,8-15,22H2,(H2,23,24,25,26,27). The molecule has 0 saturated carbocycles. The van der Waals surface area contributed by atoms with Crippen LogP contribution in [0.3, 0.4) is 0 Å². The van der Waals surface area contributed by atoms with Crippen molar-refractivity contribution in [1.29, 1.82) is 0 Å². The maximum atomic E-state index is 5.54. The predicted molar refractivity (Wildman–Crippen MR) is 121 cm³/mol. The largest absolute Gasteiger partial charge is 0.378 e. The molecule has 0 saturated heterocycles. The van der Waals surface area contributed by atoms with Crippen molar-refractivity contribution in [2.75, 3.05) is 56.7 Å². The highest BCUT2D eigenvalue weighted by Gasteiger charge is 2.09. The molecule has 0 spiro atoms. The lowest BCUT2D eigenvalue weighted by molar-refractivity contribution is 0.0547. The Labute approximate surface area is 180 Å². The van der Waals surface area contributed by atoms with Gasteiger partial charge in [-0.1, -0.05) is 36.4 Å². The molecule has 0 aliphatic heterocycles. The summed E-state index contributed by atoms with van der Waals surface area (Å²) in [5, 5.41) is 8.53. The molecule has 3 rings (SSSR count). The van der Waals surface area contributed by atoms with Gasteiger partial charge in [0.25, 0.3) is 0 Å². The number of thiophene rings is 1. The monoisotopic (exact) mass is 428 g/mol. The first-order chi connectivity index (χ1) is 14.8. The fourth-order valence-corrected chi connectivity index (χ4v) is 3.31. The van der Waals surface area contributed by atoms with Crippen LogP contribution in [0.5, 0.6) is 0 Å². The molecule has 0 unspecified atom stereocenters. The van der Waals surface area contributed by atoms with Gasteiger partial charge in [-0.25, -0.2) is 0 Å². The van der Waals surface area contributed by atoms with Crippen molar-refractivity contribution in [3.8, 4) is 10.7 Å².